The van der Waals surface area contributed by atoms with Crippen LogP contribution < -0.4 is 5.73 Å². The third-order valence-corrected chi connectivity index (χ3v) is 5.43. The number of hydrogen-bond donors (Lipinski definition) is 1. The fourth-order valence-electron chi connectivity index (χ4n) is 3.12. The predicted octanol–water partition coefficient (Wildman–Crippen LogP) is 1.10. The van der Waals surface area contributed by atoms with Crippen LogP contribution >= 0.6 is 11.8 Å². The van der Waals surface area contributed by atoms with Gasteiger partial charge < -0.3 is 10.6 Å². The van der Waals surface area contributed by atoms with Crippen LogP contribution in [0.1, 0.15) is 24.0 Å². The summed E-state index contributed by atoms with van der Waals surface area (Å²) < 4.78 is 1.65. The molecular formula is C17H22N6O2S. The Morgan fingerprint density at radius 2 is 2.15 bits per heavy atom. The molecular weight excluding hydrogens is 352 g/mol. The standard InChI is InChI=1S/C17H22N6O2S/c1-11-5-6-14(12(2)8-11)23-17(19-20-21-23)26-10-15(24)22-7-3-4-13(9-22)16(18)25/h5-6,8,13H,3-4,7,9-10H2,1-2H3,(H2,18,25)/t13-/m1/s1. The van der Waals surface area contributed by atoms with Crippen LogP contribution in [0.5, 0.6) is 0 Å². The van der Waals surface area contributed by atoms with Gasteiger partial charge in [0.15, 0.2) is 0 Å². The van der Waals surface area contributed by atoms with Crippen LogP contribution in [-0.2, 0) is 9.59 Å². The second-order valence-corrected chi connectivity index (χ2v) is 7.48. The molecule has 1 aliphatic heterocycles. The lowest BCUT2D eigenvalue weighted by atomic mass is 9.97. The van der Waals surface area contributed by atoms with Gasteiger partial charge in [0.2, 0.25) is 17.0 Å². The minimum absolute atomic E-state index is 0.0314. The first-order valence-corrected chi connectivity index (χ1v) is 9.50. The van der Waals surface area contributed by atoms with Gasteiger partial charge in [0.25, 0.3) is 0 Å². The molecule has 1 fully saturated rings. The highest BCUT2D eigenvalue weighted by atomic mass is 32.2. The molecule has 9 heteroatoms. The third kappa shape index (κ3) is 4.04. The molecule has 0 unspecified atom stereocenters. The Hall–Kier alpha value is -2.42. The smallest absolute Gasteiger partial charge is 0.233 e. The number of amides is 2. The summed E-state index contributed by atoms with van der Waals surface area (Å²) in [5, 5.41) is 12.4. The van der Waals surface area contributed by atoms with Gasteiger partial charge in [-0.05, 0) is 48.7 Å². The predicted molar refractivity (Wildman–Crippen MR) is 97.9 cm³/mol. The number of benzene rings is 1. The summed E-state index contributed by atoms with van der Waals surface area (Å²) in [7, 11) is 0. The van der Waals surface area contributed by atoms with Gasteiger partial charge in [-0.1, -0.05) is 29.5 Å². The van der Waals surface area contributed by atoms with E-state index >= 15 is 0 Å². The second kappa shape index (κ2) is 7.86. The van der Waals surface area contributed by atoms with Gasteiger partial charge in [-0.3, -0.25) is 9.59 Å². The quantitative estimate of drug-likeness (QED) is 0.785. The van der Waals surface area contributed by atoms with Crippen molar-refractivity contribution < 1.29 is 9.59 Å². The Kier molecular flexibility index (Phi) is 5.55. The molecule has 1 saturated heterocycles. The van der Waals surface area contributed by atoms with Crippen LogP contribution in [0.3, 0.4) is 0 Å². The molecule has 0 spiro atoms. The zero-order chi connectivity index (χ0) is 18.7. The van der Waals surface area contributed by atoms with E-state index in [9.17, 15) is 9.59 Å². The maximum absolute atomic E-state index is 12.5. The first-order valence-electron chi connectivity index (χ1n) is 8.51. The number of carbonyl (C=O) groups excluding carboxylic acids is 2. The van der Waals surface area contributed by atoms with E-state index in [-0.39, 0.29) is 23.5 Å². The molecule has 1 aromatic heterocycles. The molecule has 1 aliphatic rings. The lowest BCUT2D eigenvalue weighted by Gasteiger charge is -2.31. The fourth-order valence-corrected chi connectivity index (χ4v) is 3.90. The van der Waals surface area contributed by atoms with Crippen molar-refractivity contribution in [3.63, 3.8) is 0 Å². The van der Waals surface area contributed by atoms with Crippen molar-refractivity contribution in [3.8, 4) is 5.69 Å². The zero-order valence-electron chi connectivity index (χ0n) is 14.9. The maximum Gasteiger partial charge on any atom is 0.233 e. The normalized spacial score (nSPS) is 17.3. The lowest BCUT2D eigenvalue weighted by molar-refractivity contribution is -0.132. The minimum atomic E-state index is -0.339. The van der Waals surface area contributed by atoms with Gasteiger partial charge in [0.05, 0.1) is 17.4 Å². The number of aryl methyl sites for hydroxylation is 2. The number of nitrogens with zero attached hydrogens (tertiary/aromatic N) is 5. The van der Waals surface area contributed by atoms with Crippen LogP contribution in [0.2, 0.25) is 0 Å². The fraction of sp³-hybridized carbons (Fsp3) is 0.471. The van der Waals surface area contributed by atoms with Crippen LogP contribution in [0.4, 0.5) is 0 Å². The number of rotatable bonds is 5. The number of hydrogen-bond acceptors (Lipinski definition) is 6. The topological polar surface area (TPSA) is 107 Å². The second-order valence-electron chi connectivity index (χ2n) is 6.53. The van der Waals surface area contributed by atoms with Gasteiger partial charge in [-0.2, -0.15) is 4.68 Å². The molecule has 8 nitrogen and oxygen atoms in total. The lowest BCUT2D eigenvalue weighted by Crippen LogP contribution is -2.44. The number of tetrazole rings is 1. The van der Waals surface area contributed by atoms with Gasteiger partial charge in [-0.25, -0.2) is 0 Å². The van der Waals surface area contributed by atoms with Crippen LogP contribution in [0.25, 0.3) is 5.69 Å². The van der Waals surface area contributed by atoms with E-state index in [1.54, 1.807) is 9.58 Å². The summed E-state index contributed by atoms with van der Waals surface area (Å²) in [4.78, 5) is 25.6. The number of primary amides is 1. The Morgan fingerprint density at radius 3 is 2.88 bits per heavy atom. The summed E-state index contributed by atoms with van der Waals surface area (Å²) in [5.41, 5.74) is 8.49. The Morgan fingerprint density at radius 1 is 1.35 bits per heavy atom. The summed E-state index contributed by atoms with van der Waals surface area (Å²) in [6, 6.07) is 6.03. The Bertz CT molecular complexity index is 821. The number of thioether (sulfide) groups is 1. The first-order chi connectivity index (χ1) is 12.5. The van der Waals surface area contributed by atoms with Gasteiger partial charge in [-0.15, -0.1) is 5.10 Å². The van der Waals surface area contributed by atoms with Crippen molar-refractivity contribution in [2.24, 2.45) is 11.7 Å². The molecule has 0 radical (unpaired) electrons. The Balaban J connectivity index is 1.66. The van der Waals surface area contributed by atoms with E-state index in [0.29, 0.717) is 18.2 Å². The van der Waals surface area contributed by atoms with Crippen molar-refractivity contribution in [2.45, 2.75) is 31.8 Å². The molecule has 138 valence electrons. The van der Waals surface area contributed by atoms with Gasteiger partial charge in [0.1, 0.15) is 0 Å². The summed E-state index contributed by atoms with van der Waals surface area (Å²) in [5.74, 6) is -0.403. The van der Waals surface area contributed by atoms with Crippen molar-refractivity contribution in [1.29, 1.82) is 0 Å². The summed E-state index contributed by atoms with van der Waals surface area (Å²) in [6.45, 7) is 5.09. The molecule has 2 amide bonds. The first kappa shape index (κ1) is 18.4. The average Bonchev–Trinajstić information content (AvgIpc) is 3.08. The SMILES string of the molecule is Cc1ccc(-n2nnnc2SCC(=O)N2CCC[C@@H](C(N)=O)C2)c(C)c1. The number of piperidine rings is 1. The average molecular weight is 374 g/mol. The highest BCUT2D eigenvalue weighted by Crippen LogP contribution is 2.23. The van der Waals surface area contributed by atoms with E-state index in [0.717, 1.165) is 29.7 Å². The highest BCUT2D eigenvalue weighted by Gasteiger charge is 2.27. The van der Waals surface area contributed by atoms with Crippen LogP contribution in [-0.4, -0.2) is 55.8 Å². The number of aromatic nitrogens is 4. The van der Waals surface area contributed by atoms with Crippen molar-refractivity contribution in [1.82, 2.24) is 25.1 Å². The molecule has 2 heterocycles. The van der Waals surface area contributed by atoms with E-state index < -0.39 is 0 Å². The molecule has 1 atom stereocenters. The van der Waals surface area contributed by atoms with E-state index in [2.05, 4.69) is 21.6 Å². The molecule has 0 saturated carbocycles. The number of carbonyl (C=O) groups is 2. The highest BCUT2D eigenvalue weighted by molar-refractivity contribution is 7.99. The maximum atomic E-state index is 12.5. The molecule has 2 N–H and O–H groups in total. The number of likely N-dealkylation sites (tertiary alicyclic amines) is 1. The largest absolute Gasteiger partial charge is 0.369 e. The molecule has 26 heavy (non-hydrogen) atoms. The monoisotopic (exact) mass is 374 g/mol. The number of nitrogens with two attached hydrogens (primary N) is 1. The third-order valence-electron chi connectivity index (χ3n) is 4.52. The Labute approximate surface area is 156 Å². The summed E-state index contributed by atoms with van der Waals surface area (Å²) in [6.07, 6.45) is 1.54. The van der Waals surface area contributed by atoms with Gasteiger partial charge in [0, 0.05) is 13.1 Å². The van der Waals surface area contributed by atoms with Crippen molar-refractivity contribution in [2.75, 3.05) is 18.8 Å². The molecule has 2 aromatic rings. The molecule has 3 rings (SSSR count). The van der Waals surface area contributed by atoms with Crippen LogP contribution in [0.15, 0.2) is 23.4 Å². The van der Waals surface area contributed by atoms with E-state index in [1.165, 1.54) is 11.8 Å². The van der Waals surface area contributed by atoms with Gasteiger partial charge >= 0.3 is 0 Å². The molecule has 0 aliphatic carbocycles. The van der Waals surface area contributed by atoms with Crippen molar-refractivity contribution in [3.05, 3.63) is 29.3 Å². The summed E-state index contributed by atoms with van der Waals surface area (Å²) >= 11 is 1.29. The van der Waals surface area contributed by atoms with E-state index in [4.69, 9.17) is 5.73 Å². The zero-order valence-corrected chi connectivity index (χ0v) is 15.7. The van der Waals surface area contributed by atoms with Crippen molar-refractivity contribution >= 4 is 23.6 Å². The van der Waals surface area contributed by atoms with E-state index in [1.807, 2.05) is 26.0 Å². The molecule has 0 bridgehead atoms. The molecule has 1 aromatic carbocycles. The minimum Gasteiger partial charge on any atom is -0.369 e. The van der Waals surface area contributed by atoms with Crippen LogP contribution in [0, 0.1) is 19.8 Å².